The van der Waals surface area contributed by atoms with Crippen molar-refractivity contribution in [2.75, 3.05) is 13.2 Å². The van der Waals surface area contributed by atoms with Gasteiger partial charge in [-0.3, -0.25) is 9.78 Å². The second kappa shape index (κ2) is 6.45. The number of nitrogens with one attached hydrogen (secondary N) is 1. The van der Waals surface area contributed by atoms with Crippen molar-refractivity contribution >= 4 is 5.91 Å². The van der Waals surface area contributed by atoms with E-state index in [0.29, 0.717) is 11.4 Å². The molecule has 0 saturated heterocycles. The number of nitriles is 1. The molecule has 0 unspecified atom stereocenters. The van der Waals surface area contributed by atoms with Crippen molar-refractivity contribution in [1.29, 1.82) is 5.26 Å². The van der Waals surface area contributed by atoms with Crippen LogP contribution in [0.3, 0.4) is 0 Å². The molecule has 0 spiro atoms. The number of rotatable bonds is 5. The van der Waals surface area contributed by atoms with Crippen molar-refractivity contribution < 1.29 is 14.6 Å². The summed E-state index contributed by atoms with van der Waals surface area (Å²) in [6.07, 6.45) is 0. The second-order valence-corrected chi connectivity index (χ2v) is 3.28. The lowest BCUT2D eigenvalue weighted by Crippen LogP contribution is -2.29. The number of aliphatic hydroxyl groups is 1. The highest BCUT2D eigenvalue weighted by molar-refractivity contribution is 5.77. The second-order valence-electron chi connectivity index (χ2n) is 3.28. The van der Waals surface area contributed by atoms with Gasteiger partial charge in [-0.25, -0.2) is 0 Å². The number of aryl methyl sites for hydroxylation is 1. The smallest absolute Gasteiger partial charge is 0.258 e. The summed E-state index contributed by atoms with van der Waals surface area (Å²) < 4.78 is 5.20. The van der Waals surface area contributed by atoms with Gasteiger partial charge >= 0.3 is 0 Å². The highest BCUT2D eigenvalue weighted by Crippen LogP contribution is 2.16. The van der Waals surface area contributed by atoms with Crippen LogP contribution in [0.5, 0.6) is 5.75 Å². The average molecular weight is 235 g/mol. The standard InChI is InChI=1S/C11H13N3O3/c1-8-2-3-10(9(6-15)14-8)17-7-11(16)13-5-4-12/h2-3,15H,5-7H2,1H3,(H,13,16). The number of hydrogen-bond acceptors (Lipinski definition) is 5. The molecule has 2 N–H and O–H groups in total. The van der Waals surface area contributed by atoms with E-state index in [0.717, 1.165) is 5.69 Å². The minimum Gasteiger partial charge on any atom is -0.482 e. The van der Waals surface area contributed by atoms with Gasteiger partial charge in [0.15, 0.2) is 6.61 Å². The van der Waals surface area contributed by atoms with Crippen LogP contribution < -0.4 is 10.1 Å². The molecular weight excluding hydrogens is 222 g/mol. The molecule has 0 aliphatic carbocycles. The maximum Gasteiger partial charge on any atom is 0.258 e. The molecule has 1 amide bonds. The normalized spacial score (nSPS) is 9.47. The van der Waals surface area contributed by atoms with Crippen LogP contribution >= 0.6 is 0 Å². The Morgan fingerprint density at radius 2 is 2.41 bits per heavy atom. The summed E-state index contributed by atoms with van der Waals surface area (Å²) in [6.45, 7) is 1.28. The van der Waals surface area contributed by atoms with Gasteiger partial charge in [0.1, 0.15) is 18.0 Å². The first-order valence-electron chi connectivity index (χ1n) is 5.01. The Bertz CT molecular complexity index is 440. The van der Waals surface area contributed by atoms with E-state index >= 15 is 0 Å². The van der Waals surface area contributed by atoms with Crippen molar-refractivity contribution in [3.8, 4) is 11.8 Å². The van der Waals surface area contributed by atoms with Crippen molar-refractivity contribution in [2.45, 2.75) is 13.5 Å². The summed E-state index contributed by atoms with van der Waals surface area (Å²) in [7, 11) is 0. The Morgan fingerprint density at radius 3 is 3.06 bits per heavy atom. The Hall–Kier alpha value is -2.13. The highest BCUT2D eigenvalue weighted by Gasteiger charge is 2.07. The van der Waals surface area contributed by atoms with Gasteiger partial charge in [0, 0.05) is 5.69 Å². The molecule has 0 fully saturated rings. The van der Waals surface area contributed by atoms with E-state index in [2.05, 4.69) is 10.3 Å². The van der Waals surface area contributed by atoms with Gasteiger partial charge in [-0.1, -0.05) is 0 Å². The zero-order valence-corrected chi connectivity index (χ0v) is 9.43. The van der Waals surface area contributed by atoms with Gasteiger partial charge < -0.3 is 15.2 Å². The molecule has 17 heavy (non-hydrogen) atoms. The molecule has 0 atom stereocenters. The summed E-state index contributed by atoms with van der Waals surface area (Å²) in [5.74, 6) is -0.0266. The zero-order valence-electron chi connectivity index (χ0n) is 9.43. The Kier molecular flexibility index (Phi) is 4.91. The van der Waals surface area contributed by atoms with Gasteiger partial charge in [0.05, 0.1) is 12.7 Å². The maximum atomic E-state index is 11.2. The fraction of sp³-hybridized carbons (Fsp3) is 0.364. The minimum absolute atomic E-state index is 0.0544. The molecule has 0 aliphatic rings. The van der Waals surface area contributed by atoms with Gasteiger partial charge in [-0.05, 0) is 19.1 Å². The third kappa shape index (κ3) is 4.09. The van der Waals surface area contributed by atoms with Crippen LogP contribution in [-0.4, -0.2) is 29.1 Å². The minimum atomic E-state index is -0.393. The number of pyridine rings is 1. The van der Waals surface area contributed by atoms with Gasteiger partial charge in [0.25, 0.3) is 5.91 Å². The zero-order chi connectivity index (χ0) is 12.7. The molecule has 1 heterocycles. The maximum absolute atomic E-state index is 11.2. The number of nitrogens with zero attached hydrogens (tertiary/aromatic N) is 2. The number of amides is 1. The van der Waals surface area contributed by atoms with Crippen LogP contribution in [0, 0.1) is 18.3 Å². The fourth-order valence-electron chi connectivity index (χ4n) is 1.17. The van der Waals surface area contributed by atoms with E-state index in [9.17, 15) is 4.79 Å². The van der Waals surface area contributed by atoms with E-state index in [1.54, 1.807) is 25.1 Å². The van der Waals surface area contributed by atoms with Crippen molar-refractivity contribution in [3.63, 3.8) is 0 Å². The molecule has 0 aliphatic heterocycles. The third-order valence-electron chi connectivity index (χ3n) is 1.94. The lowest BCUT2D eigenvalue weighted by atomic mass is 10.3. The predicted molar refractivity (Wildman–Crippen MR) is 59.0 cm³/mol. The molecule has 1 aromatic rings. The summed E-state index contributed by atoms with van der Waals surface area (Å²) >= 11 is 0. The molecule has 90 valence electrons. The predicted octanol–water partition coefficient (Wildman–Crippen LogP) is -0.0991. The monoisotopic (exact) mass is 235 g/mol. The van der Waals surface area contributed by atoms with Crippen LogP contribution in [0.25, 0.3) is 0 Å². The summed E-state index contributed by atoms with van der Waals surface area (Å²) in [5, 5.41) is 19.7. The first-order valence-corrected chi connectivity index (χ1v) is 5.01. The van der Waals surface area contributed by atoms with Gasteiger partial charge in [-0.2, -0.15) is 5.26 Å². The Labute approximate surface area is 98.9 Å². The van der Waals surface area contributed by atoms with E-state index in [1.807, 2.05) is 0 Å². The summed E-state index contributed by atoms with van der Waals surface area (Å²) in [4.78, 5) is 15.2. The van der Waals surface area contributed by atoms with Crippen molar-refractivity contribution in [3.05, 3.63) is 23.5 Å². The van der Waals surface area contributed by atoms with E-state index in [4.69, 9.17) is 15.1 Å². The van der Waals surface area contributed by atoms with Crippen LogP contribution in [0.1, 0.15) is 11.4 Å². The quantitative estimate of drug-likeness (QED) is 0.695. The topological polar surface area (TPSA) is 95.2 Å². The third-order valence-corrected chi connectivity index (χ3v) is 1.94. The molecule has 0 bridgehead atoms. The van der Waals surface area contributed by atoms with Gasteiger partial charge in [0.2, 0.25) is 0 Å². The first kappa shape index (κ1) is 12.9. The summed E-state index contributed by atoms with van der Waals surface area (Å²) in [5.41, 5.74) is 1.15. The molecule has 0 saturated carbocycles. The number of aliphatic hydroxyl groups excluding tert-OH is 1. The SMILES string of the molecule is Cc1ccc(OCC(=O)NCC#N)c(CO)n1. The largest absolute Gasteiger partial charge is 0.482 e. The molecular formula is C11H13N3O3. The first-order chi connectivity index (χ1) is 8.17. The van der Waals surface area contributed by atoms with Gasteiger partial charge in [-0.15, -0.1) is 0 Å². The van der Waals surface area contributed by atoms with Crippen LogP contribution in [0.4, 0.5) is 0 Å². The average Bonchev–Trinajstić information content (AvgIpc) is 2.34. The Balaban J connectivity index is 2.57. The van der Waals surface area contributed by atoms with E-state index in [-0.39, 0.29) is 19.8 Å². The molecule has 6 heteroatoms. The molecule has 1 rings (SSSR count). The summed E-state index contributed by atoms with van der Waals surface area (Å²) in [6, 6.07) is 5.16. The highest BCUT2D eigenvalue weighted by atomic mass is 16.5. The van der Waals surface area contributed by atoms with Crippen LogP contribution in [0.2, 0.25) is 0 Å². The fourth-order valence-corrected chi connectivity index (χ4v) is 1.17. The van der Waals surface area contributed by atoms with E-state index < -0.39 is 5.91 Å². The van der Waals surface area contributed by atoms with Crippen molar-refractivity contribution in [2.24, 2.45) is 0 Å². The van der Waals surface area contributed by atoms with Crippen molar-refractivity contribution in [1.82, 2.24) is 10.3 Å². The van der Waals surface area contributed by atoms with E-state index in [1.165, 1.54) is 0 Å². The number of hydrogen-bond donors (Lipinski definition) is 2. The number of aromatic nitrogens is 1. The number of carbonyl (C=O) groups excluding carboxylic acids is 1. The molecule has 1 aromatic heterocycles. The molecule has 6 nitrogen and oxygen atoms in total. The lowest BCUT2D eigenvalue weighted by molar-refractivity contribution is -0.122. The van der Waals surface area contributed by atoms with Crippen LogP contribution in [0.15, 0.2) is 12.1 Å². The molecule has 0 radical (unpaired) electrons. The van der Waals surface area contributed by atoms with Crippen LogP contribution in [-0.2, 0) is 11.4 Å². The Morgan fingerprint density at radius 1 is 1.65 bits per heavy atom. The molecule has 0 aromatic carbocycles. The lowest BCUT2D eigenvalue weighted by Gasteiger charge is -2.09. The number of carbonyl (C=O) groups is 1. The number of ether oxygens (including phenoxy) is 1.